The maximum Gasteiger partial charge on any atom is 0.213 e. The van der Waals surface area contributed by atoms with E-state index in [1.165, 1.54) is 0 Å². The number of ether oxygens (including phenoxy) is 3. The van der Waals surface area contributed by atoms with Gasteiger partial charge in [-0.2, -0.15) is 0 Å². The lowest BCUT2D eigenvalue weighted by Crippen LogP contribution is -2.20. The van der Waals surface area contributed by atoms with Crippen LogP contribution in [0.3, 0.4) is 0 Å². The Bertz CT molecular complexity index is 890. The minimum absolute atomic E-state index is 0.434. The molecule has 0 unspecified atom stereocenters. The molecule has 0 aliphatic carbocycles. The van der Waals surface area contributed by atoms with Crippen LogP contribution in [0.15, 0.2) is 66.9 Å². The smallest absolute Gasteiger partial charge is 0.213 e. The number of rotatable bonds is 11. The van der Waals surface area contributed by atoms with Crippen molar-refractivity contribution >= 4 is 11.6 Å². The van der Waals surface area contributed by atoms with Crippen LogP contribution in [0.1, 0.15) is 18.1 Å². The zero-order valence-electron chi connectivity index (χ0n) is 16.4. The minimum atomic E-state index is 0.434. The van der Waals surface area contributed by atoms with E-state index in [9.17, 15) is 0 Å². The van der Waals surface area contributed by atoms with E-state index in [-0.39, 0.29) is 0 Å². The van der Waals surface area contributed by atoms with Gasteiger partial charge in [-0.3, -0.25) is 0 Å². The van der Waals surface area contributed by atoms with E-state index in [1.54, 1.807) is 6.20 Å². The number of aromatic nitrogens is 1. The number of hydrogen-bond donors (Lipinski definition) is 1. The van der Waals surface area contributed by atoms with Gasteiger partial charge in [-0.15, -0.1) is 0 Å². The Labute approximate surface area is 176 Å². The number of benzene rings is 2. The highest BCUT2D eigenvalue weighted by atomic mass is 35.5. The molecule has 0 saturated heterocycles. The molecule has 0 bridgehead atoms. The second-order valence-corrected chi connectivity index (χ2v) is 6.76. The lowest BCUT2D eigenvalue weighted by molar-refractivity contribution is 0.269. The summed E-state index contributed by atoms with van der Waals surface area (Å²) in [5, 5.41) is 4.06. The van der Waals surface area contributed by atoms with E-state index in [4.69, 9.17) is 25.8 Å². The van der Waals surface area contributed by atoms with Crippen LogP contribution in [0.4, 0.5) is 0 Å². The molecule has 0 saturated carbocycles. The quantitative estimate of drug-likeness (QED) is 0.455. The van der Waals surface area contributed by atoms with Crippen molar-refractivity contribution in [2.24, 2.45) is 0 Å². The first-order valence-corrected chi connectivity index (χ1v) is 10.00. The SMILES string of the molecule is CCOc1cc(CNCCOc2ccccn2)ccc1OCc1cccc(Cl)c1. The molecule has 0 atom stereocenters. The van der Waals surface area contributed by atoms with Crippen molar-refractivity contribution in [3.63, 3.8) is 0 Å². The summed E-state index contributed by atoms with van der Waals surface area (Å²) >= 11 is 6.03. The van der Waals surface area contributed by atoms with Gasteiger partial charge in [0.05, 0.1) is 6.61 Å². The Morgan fingerprint density at radius 1 is 0.897 bits per heavy atom. The third kappa shape index (κ3) is 6.97. The van der Waals surface area contributed by atoms with Gasteiger partial charge in [0.15, 0.2) is 11.5 Å². The Kier molecular flexibility index (Phi) is 8.16. The monoisotopic (exact) mass is 412 g/mol. The maximum atomic E-state index is 6.03. The summed E-state index contributed by atoms with van der Waals surface area (Å²) in [5.74, 6) is 2.08. The van der Waals surface area contributed by atoms with Crippen molar-refractivity contribution in [1.82, 2.24) is 10.3 Å². The van der Waals surface area contributed by atoms with Gasteiger partial charge >= 0.3 is 0 Å². The predicted octanol–water partition coefficient (Wildman–Crippen LogP) is 4.88. The van der Waals surface area contributed by atoms with E-state index < -0.39 is 0 Å². The first kappa shape index (κ1) is 21.0. The Morgan fingerprint density at radius 2 is 1.83 bits per heavy atom. The number of pyridine rings is 1. The third-order valence-electron chi connectivity index (χ3n) is 4.09. The summed E-state index contributed by atoms with van der Waals surface area (Å²) in [6.45, 7) is 4.94. The number of hydrogen-bond acceptors (Lipinski definition) is 5. The highest BCUT2D eigenvalue weighted by Gasteiger charge is 2.07. The second-order valence-electron chi connectivity index (χ2n) is 6.33. The van der Waals surface area contributed by atoms with Crippen LogP contribution in [0.25, 0.3) is 0 Å². The maximum absolute atomic E-state index is 6.03. The molecule has 6 heteroatoms. The van der Waals surface area contributed by atoms with Crippen molar-refractivity contribution in [3.8, 4) is 17.4 Å². The summed E-state index contributed by atoms with van der Waals surface area (Å²) in [4.78, 5) is 4.13. The van der Waals surface area contributed by atoms with Gasteiger partial charge in [0.25, 0.3) is 0 Å². The molecular weight excluding hydrogens is 388 g/mol. The molecule has 0 aliphatic rings. The fourth-order valence-corrected chi connectivity index (χ4v) is 2.94. The van der Waals surface area contributed by atoms with Crippen molar-refractivity contribution in [1.29, 1.82) is 0 Å². The average Bonchev–Trinajstić information content (AvgIpc) is 2.74. The fourth-order valence-electron chi connectivity index (χ4n) is 2.73. The van der Waals surface area contributed by atoms with Crippen LogP contribution in [0.5, 0.6) is 17.4 Å². The van der Waals surface area contributed by atoms with Crippen LogP contribution in [0.2, 0.25) is 5.02 Å². The van der Waals surface area contributed by atoms with Gasteiger partial charge in [0.1, 0.15) is 13.2 Å². The van der Waals surface area contributed by atoms with Crippen LogP contribution < -0.4 is 19.5 Å². The number of halogens is 1. The van der Waals surface area contributed by atoms with Gasteiger partial charge in [-0.05, 0) is 48.4 Å². The molecule has 29 heavy (non-hydrogen) atoms. The van der Waals surface area contributed by atoms with Crippen molar-refractivity contribution < 1.29 is 14.2 Å². The lowest BCUT2D eigenvalue weighted by atomic mass is 10.2. The zero-order valence-corrected chi connectivity index (χ0v) is 17.2. The lowest BCUT2D eigenvalue weighted by Gasteiger charge is -2.14. The standard InChI is InChI=1S/C23H25ClN2O3/c1-2-27-22-15-18(16-25-12-13-28-23-8-3-4-11-26-23)9-10-21(22)29-17-19-6-5-7-20(24)14-19/h3-11,14-15,25H,2,12-13,16-17H2,1H3. The first-order valence-electron chi connectivity index (χ1n) is 9.62. The van der Waals surface area contributed by atoms with E-state index in [0.717, 1.165) is 16.9 Å². The molecule has 2 aromatic carbocycles. The van der Waals surface area contributed by atoms with Crippen molar-refractivity contribution in [2.45, 2.75) is 20.1 Å². The summed E-state index contributed by atoms with van der Waals surface area (Å²) in [6, 6.07) is 19.2. The summed E-state index contributed by atoms with van der Waals surface area (Å²) in [7, 11) is 0. The topological polar surface area (TPSA) is 52.6 Å². The molecule has 0 amide bonds. The van der Waals surface area contributed by atoms with Gasteiger partial charge in [0, 0.05) is 30.4 Å². The molecule has 3 rings (SSSR count). The van der Waals surface area contributed by atoms with Crippen LogP contribution in [-0.4, -0.2) is 24.7 Å². The molecule has 1 heterocycles. The molecule has 152 valence electrons. The van der Waals surface area contributed by atoms with Gasteiger partial charge in [-0.1, -0.05) is 35.9 Å². The highest BCUT2D eigenvalue weighted by Crippen LogP contribution is 2.29. The largest absolute Gasteiger partial charge is 0.490 e. The molecule has 1 aromatic heterocycles. The molecule has 0 spiro atoms. The van der Waals surface area contributed by atoms with E-state index in [1.807, 2.05) is 67.6 Å². The Hall–Kier alpha value is -2.76. The summed E-state index contributed by atoms with van der Waals surface area (Å²) in [6.07, 6.45) is 1.72. The van der Waals surface area contributed by atoms with Crippen molar-refractivity contribution in [2.75, 3.05) is 19.8 Å². The van der Waals surface area contributed by atoms with Crippen LogP contribution >= 0.6 is 11.6 Å². The van der Waals surface area contributed by atoms with Gasteiger partial charge in [0.2, 0.25) is 5.88 Å². The zero-order chi connectivity index (χ0) is 20.3. The van der Waals surface area contributed by atoms with Crippen LogP contribution in [-0.2, 0) is 13.2 Å². The number of nitrogens with zero attached hydrogens (tertiary/aromatic N) is 1. The molecule has 5 nitrogen and oxygen atoms in total. The van der Waals surface area contributed by atoms with Gasteiger partial charge < -0.3 is 19.5 Å². The molecule has 1 N–H and O–H groups in total. The highest BCUT2D eigenvalue weighted by molar-refractivity contribution is 6.30. The Balaban J connectivity index is 1.50. The molecule has 0 radical (unpaired) electrons. The Morgan fingerprint density at radius 3 is 2.62 bits per heavy atom. The molecule has 0 aliphatic heterocycles. The summed E-state index contributed by atoms with van der Waals surface area (Å²) < 4.78 is 17.3. The van der Waals surface area contributed by atoms with E-state index in [0.29, 0.717) is 49.6 Å². The fraction of sp³-hybridized carbons (Fsp3) is 0.261. The summed E-state index contributed by atoms with van der Waals surface area (Å²) in [5.41, 5.74) is 2.12. The normalized spacial score (nSPS) is 10.6. The molecule has 0 fully saturated rings. The van der Waals surface area contributed by atoms with Gasteiger partial charge in [-0.25, -0.2) is 4.98 Å². The molecule has 3 aromatic rings. The average molecular weight is 413 g/mol. The van der Waals surface area contributed by atoms with Crippen molar-refractivity contribution in [3.05, 3.63) is 83.0 Å². The van der Waals surface area contributed by atoms with Crippen LogP contribution in [0, 0.1) is 0 Å². The number of nitrogens with one attached hydrogen (secondary N) is 1. The first-order chi connectivity index (χ1) is 14.2. The predicted molar refractivity (Wildman–Crippen MR) is 115 cm³/mol. The van der Waals surface area contributed by atoms with E-state index in [2.05, 4.69) is 10.3 Å². The van der Waals surface area contributed by atoms with E-state index >= 15 is 0 Å². The minimum Gasteiger partial charge on any atom is -0.490 e. The second kappa shape index (κ2) is 11.3. The third-order valence-corrected chi connectivity index (χ3v) is 4.32. The molecular formula is C23H25ClN2O3.